The first kappa shape index (κ1) is 17.0. The molecule has 0 saturated carbocycles. The number of aromatic nitrogens is 4. The van der Waals surface area contributed by atoms with Crippen molar-refractivity contribution < 1.29 is 0 Å². The molecule has 0 aliphatic rings. The fraction of sp³-hybridized carbons (Fsp3) is 0.0476. The fourth-order valence-electron chi connectivity index (χ4n) is 2.75. The quantitative estimate of drug-likeness (QED) is 0.523. The van der Waals surface area contributed by atoms with Crippen LogP contribution < -0.4 is 0 Å². The van der Waals surface area contributed by atoms with Crippen molar-refractivity contribution >= 4 is 11.8 Å². The number of benzene rings is 2. The average molecular weight is 369 g/mol. The summed E-state index contributed by atoms with van der Waals surface area (Å²) in [6.45, 7) is 2.05. The summed E-state index contributed by atoms with van der Waals surface area (Å²) >= 11 is 1.34. The lowest BCUT2D eigenvalue weighted by Gasteiger charge is -2.11. The van der Waals surface area contributed by atoms with Crippen LogP contribution in [0.25, 0.3) is 17.1 Å². The summed E-state index contributed by atoms with van der Waals surface area (Å²) in [5.41, 5.74) is 3.60. The Bertz CT molecular complexity index is 1130. The van der Waals surface area contributed by atoms with Crippen LogP contribution in [0.2, 0.25) is 0 Å². The maximum atomic E-state index is 9.36. The number of rotatable bonds is 4. The summed E-state index contributed by atoms with van der Waals surface area (Å²) in [6.07, 6.45) is 1.68. The van der Waals surface area contributed by atoms with Gasteiger partial charge in [0.15, 0.2) is 5.82 Å². The van der Waals surface area contributed by atoms with Gasteiger partial charge in [0.2, 0.25) is 5.16 Å². The van der Waals surface area contributed by atoms with Crippen molar-refractivity contribution in [1.82, 2.24) is 19.7 Å². The van der Waals surface area contributed by atoms with Crippen molar-refractivity contribution in [2.24, 2.45) is 0 Å². The van der Waals surface area contributed by atoms with Gasteiger partial charge in [-0.15, -0.1) is 10.2 Å². The predicted molar refractivity (Wildman–Crippen MR) is 105 cm³/mol. The van der Waals surface area contributed by atoms with Gasteiger partial charge in [-0.2, -0.15) is 5.26 Å². The molecule has 0 unspecified atom stereocenters. The van der Waals surface area contributed by atoms with Crippen molar-refractivity contribution in [2.75, 3.05) is 0 Å². The third-order valence-corrected chi connectivity index (χ3v) is 4.97. The monoisotopic (exact) mass is 369 g/mol. The van der Waals surface area contributed by atoms with Crippen LogP contribution in [0.3, 0.4) is 0 Å². The van der Waals surface area contributed by atoms with Gasteiger partial charge in [0.25, 0.3) is 0 Å². The lowest BCUT2D eigenvalue weighted by atomic mass is 10.2. The molecule has 27 heavy (non-hydrogen) atoms. The van der Waals surface area contributed by atoms with Gasteiger partial charge < -0.3 is 0 Å². The molecule has 0 radical (unpaired) electrons. The number of hydrogen-bond acceptors (Lipinski definition) is 5. The Morgan fingerprint density at radius 1 is 0.963 bits per heavy atom. The highest BCUT2D eigenvalue weighted by atomic mass is 32.2. The molecule has 0 aliphatic heterocycles. The molecule has 0 aliphatic carbocycles. The highest BCUT2D eigenvalue weighted by Gasteiger charge is 2.18. The smallest absolute Gasteiger partial charge is 0.202 e. The van der Waals surface area contributed by atoms with Gasteiger partial charge in [0.1, 0.15) is 11.1 Å². The van der Waals surface area contributed by atoms with E-state index in [1.807, 2.05) is 47.0 Å². The van der Waals surface area contributed by atoms with E-state index in [1.54, 1.807) is 18.3 Å². The standard InChI is InChI=1S/C21H15N5S/c1-15-7-5-11-18(13-15)26-19(16-8-3-2-4-9-16)24-25-21(26)27-20-17(14-22)10-6-12-23-20/h2-13H,1H3. The van der Waals surface area contributed by atoms with Gasteiger partial charge in [0.05, 0.1) is 11.3 Å². The number of nitrogens with zero attached hydrogens (tertiary/aromatic N) is 5. The molecule has 0 amide bonds. The molecule has 2 heterocycles. The zero-order valence-corrected chi connectivity index (χ0v) is 15.4. The van der Waals surface area contributed by atoms with Crippen LogP contribution in [0, 0.1) is 18.3 Å². The van der Waals surface area contributed by atoms with Gasteiger partial charge in [0, 0.05) is 11.8 Å². The largest absolute Gasteiger partial charge is 0.270 e. The van der Waals surface area contributed by atoms with Crippen LogP contribution in [0.4, 0.5) is 0 Å². The van der Waals surface area contributed by atoms with Crippen LogP contribution >= 0.6 is 11.8 Å². The summed E-state index contributed by atoms with van der Waals surface area (Å²) in [6, 6.07) is 23.8. The van der Waals surface area contributed by atoms with Crippen LogP contribution in [0.15, 0.2) is 83.1 Å². The summed E-state index contributed by atoms with van der Waals surface area (Å²) < 4.78 is 2.00. The summed E-state index contributed by atoms with van der Waals surface area (Å²) in [7, 11) is 0. The fourth-order valence-corrected chi connectivity index (χ4v) is 3.63. The Morgan fingerprint density at radius 3 is 2.59 bits per heavy atom. The maximum absolute atomic E-state index is 9.36. The van der Waals surface area contributed by atoms with Crippen LogP contribution in [-0.4, -0.2) is 19.7 Å². The van der Waals surface area contributed by atoms with Gasteiger partial charge in [-0.3, -0.25) is 4.57 Å². The molecule has 0 spiro atoms. The normalized spacial score (nSPS) is 10.5. The molecule has 0 bridgehead atoms. The Kier molecular flexibility index (Phi) is 4.69. The lowest BCUT2D eigenvalue weighted by Crippen LogP contribution is -2.00. The minimum atomic E-state index is 0.516. The molecule has 6 heteroatoms. The van der Waals surface area contributed by atoms with Gasteiger partial charge in [-0.1, -0.05) is 42.5 Å². The number of pyridine rings is 1. The van der Waals surface area contributed by atoms with E-state index in [9.17, 15) is 5.26 Å². The Morgan fingerprint density at radius 2 is 1.81 bits per heavy atom. The highest BCUT2D eigenvalue weighted by Crippen LogP contribution is 2.32. The second kappa shape index (κ2) is 7.44. The minimum Gasteiger partial charge on any atom is -0.270 e. The topological polar surface area (TPSA) is 67.4 Å². The molecule has 0 saturated heterocycles. The minimum absolute atomic E-state index is 0.516. The Hall–Kier alpha value is -3.43. The van der Waals surface area contributed by atoms with E-state index < -0.39 is 0 Å². The average Bonchev–Trinajstić information content (AvgIpc) is 3.12. The van der Waals surface area contributed by atoms with Crippen molar-refractivity contribution in [3.05, 3.63) is 84.1 Å². The molecule has 2 aromatic heterocycles. The Balaban J connectivity index is 1.88. The van der Waals surface area contributed by atoms with Crippen molar-refractivity contribution in [3.63, 3.8) is 0 Å². The third-order valence-electron chi connectivity index (χ3n) is 4.00. The molecule has 0 fully saturated rings. The van der Waals surface area contributed by atoms with Crippen LogP contribution in [0.1, 0.15) is 11.1 Å². The molecule has 0 N–H and O–H groups in total. The van der Waals surface area contributed by atoms with E-state index >= 15 is 0 Å². The molecular weight excluding hydrogens is 354 g/mol. The number of nitriles is 1. The first-order valence-electron chi connectivity index (χ1n) is 8.37. The second-order valence-electron chi connectivity index (χ2n) is 5.92. The second-order valence-corrected chi connectivity index (χ2v) is 6.87. The zero-order chi connectivity index (χ0) is 18.6. The molecule has 4 rings (SSSR count). The predicted octanol–water partition coefficient (Wildman–Crippen LogP) is 4.66. The lowest BCUT2D eigenvalue weighted by molar-refractivity contribution is 0.881. The van der Waals surface area contributed by atoms with E-state index in [1.165, 1.54) is 11.8 Å². The number of aryl methyl sites for hydroxylation is 1. The summed E-state index contributed by atoms with van der Waals surface area (Å²) in [5, 5.41) is 19.5. The molecule has 0 atom stereocenters. The van der Waals surface area contributed by atoms with Crippen LogP contribution in [0.5, 0.6) is 0 Å². The van der Waals surface area contributed by atoms with E-state index in [-0.39, 0.29) is 0 Å². The van der Waals surface area contributed by atoms with Gasteiger partial charge in [-0.25, -0.2) is 4.98 Å². The first-order valence-corrected chi connectivity index (χ1v) is 9.19. The maximum Gasteiger partial charge on any atom is 0.202 e. The van der Waals surface area contributed by atoms with E-state index in [0.717, 1.165) is 22.6 Å². The number of hydrogen-bond donors (Lipinski definition) is 0. The molecule has 2 aromatic carbocycles. The first-order chi connectivity index (χ1) is 13.3. The molecule has 4 aromatic rings. The van der Waals surface area contributed by atoms with Crippen molar-refractivity contribution in [3.8, 4) is 23.1 Å². The molecule has 130 valence electrons. The van der Waals surface area contributed by atoms with E-state index in [2.05, 4.69) is 40.3 Å². The molecular formula is C21H15N5S. The van der Waals surface area contributed by atoms with E-state index in [0.29, 0.717) is 15.7 Å². The third kappa shape index (κ3) is 3.46. The summed E-state index contributed by atoms with van der Waals surface area (Å²) in [4.78, 5) is 4.34. The van der Waals surface area contributed by atoms with Crippen molar-refractivity contribution in [2.45, 2.75) is 17.1 Å². The van der Waals surface area contributed by atoms with Gasteiger partial charge in [-0.05, 0) is 48.5 Å². The zero-order valence-electron chi connectivity index (χ0n) is 14.6. The van der Waals surface area contributed by atoms with E-state index in [4.69, 9.17) is 0 Å². The SMILES string of the molecule is Cc1cccc(-n2c(Sc3ncccc3C#N)nnc2-c2ccccc2)c1. The Labute approximate surface area is 161 Å². The highest BCUT2D eigenvalue weighted by molar-refractivity contribution is 7.99. The van der Waals surface area contributed by atoms with Crippen LogP contribution in [-0.2, 0) is 0 Å². The summed E-state index contributed by atoms with van der Waals surface area (Å²) in [5.74, 6) is 0.748. The van der Waals surface area contributed by atoms with Gasteiger partial charge >= 0.3 is 0 Å². The van der Waals surface area contributed by atoms with Crippen molar-refractivity contribution in [1.29, 1.82) is 5.26 Å². The molecule has 5 nitrogen and oxygen atoms in total.